The largest absolute Gasteiger partial charge is 0.374 e. The third-order valence-corrected chi connectivity index (χ3v) is 4.36. The second kappa shape index (κ2) is 6.32. The molecule has 0 bridgehead atoms. The summed E-state index contributed by atoms with van der Waals surface area (Å²) < 4.78 is 7.77. The van der Waals surface area contributed by atoms with E-state index >= 15 is 0 Å². The Kier molecular flexibility index (Phi) is 4.27. The van der Waals surface area contributed by atoms with Crippen molar-refractivity contribution in [2.45, 2.75) is 19.1 Å². The molecule has 1 aliphatic rings. The van der Waals surface area contributed by atoms with Gasteiger partial charge in [0.05, 0.1) is 19.3 Å². The van der Waals surface area contributed by atoms with Crippen molar-refractivity contribution in [1.29, 1.82) is 0 Å². The van der Waals surface area contributed by atoms with Crippen molar-refractivity contribution < 1.29 is 4.74 Å². The number of ether oxygens (including phenoxy) is 1. The topological polar surface area (TPSA) is 30.3 Å². The minimum absolute atomic E-state index is 0.261. The van der Waals surface area contributed by atoms with Gasteiger partial charge in [-0.2, -0.15) is 5.10 Å². The molecule has 5 heteroatoms. The first-order chi connectivity index (χ1) is 9.40. The van der Waals surface area contributed by atoms with Gasteiger partial charge in [0.15, 0.2) is 0 Å². The summed E-state index contributed by atoms with van der Waals surface area (Å²) >= 11 is 1.84. The molecule has 2 aromatic rings. The van der Waals surface area contributed by atoms with E-state index in [-0.39, 0.29) is 6.10 Å². The van der Waals surface area contributed by atoms with Crippen molar-refractivity contribution in [3.05, 3.63) is 40.8 Å². The average Bonchev–Trinajstić information content (AvgIpc) is 3.10. The molecule has 3 heterocycles. The van der Waals surface area contributed by atoms with Crippen LogP contribution in [-0.4, -0.2) is 47.0 Å². The second-order valence-corrected chi connectivity index (χ2v) is 5.88. The summed E-state index contributed by atoms with van der Waals surface area (Å²) in [6, 6.07) is 6.30. The maximum Gasteiger partial charge on any atom is 0.0898 e. The van der Waals surface area contributed by atoms with Gasteiger partial charge < -0.3 is 4.74 Å². The summed E-state index contributed by atoms with van der Waals surface area (Å²) in [5.41, 5.74) is 0. The van der Waals surface area contributed by atoms with Crippen LogP contribution in [0.15, 0.2) is 36.0 Å². The lowest BCUT2D eigenvalue weighted by Gasteiger charge is -2.32. The highest BCUT2D eigenvalue weighted by Gasteiger charge is 2.20. The number of hydrogen-bond acceptors (Lipinski definition) is 4. The normalized spacial score (nSPS) is 20.7. The predicted octanol–water partition coefficient (Wildman–Crippen LogP) is 1.89. The minimum atomic E-state index is 0.261. The van der Waals surface area contributed by atoms with Gasteiger partial charge in [0.2, 0.25) is 0 Å². The quantitative estimate of drug-likeness (QED) is 0.836. The van der Waals surface area contributed by atoms with Crippen LogP contribution in [0.3, 0.4) is 0 Å². The lowest BCUT2D eigenvalue weighted by atomic mass is 10.2. The molecule has 3 rings (SSSR count). The Morgan fingerprint density at radius 3 is 3.21 bits per heavy atom. The standard InChI is InChI=1S/C14H19N3OS/c1-3-14(19-10-1)4-7-16-8-9-18-13(11-16)12-17-6-2-5-15-17/h1-3,5-6,10,13H,4,7-9,11-12H2. The molecule has 0 N–H and O–H groups in total. The summed E-state index contributed by atoms with van der Waals surface area (Å²) in [6.45, 7) is 4.85. The van der Waals surface area contributed by atoms with E-state index in [2.05, 4.69) is 27.5 Å². The van der Waals surface area contributed by atoms with Crippen LogP contribution in [0.5, 0.6) is 0 Å². The van der Waals surface area contributed by atoms with Crippen molar-refractivity contribution in [3.8, 4) is 0 Å². The van der Waals surface area contributed by atoms with Crippen LogP contribution in [0.25, 0.3) is 0 Å². The first kappa shape index (κ1) is 12.8. The lowest BCUT2D eigenvalue weighted by molar-refractivity contribution is -0.0370. The van der Waals surface area contributed by atoms with Crippen molar-refractivity contribution in [1.82, 2.24) is 14.7 Å². The van der Waals surface area contributed by atoms with Gasteiger partial charge in [-0.15, -0.1) is 11.3 Å². The van der Waals surface area contributed by atoms with Gasteiger partial charge in [-0.3, -0.25) is 9.58 Å². The Labute approximate surface area is 117 Å². The number of aromatic nitrogens is 2. The van der Waals surface area contributed by atoms with E-state index in [0.717, 1.165) is 39.2 Å². The minimum Gasteiger partial charge on any atom is -0.374 e. The van der Waals surface area contributed by atoms with Gasteiger partial charge in [0, 0.05) is 36.9 Å². The van der Waals surface area contributed by atoms with Crippen LogP contribution in [0, 0.1) is 0 Å². The van der Waals surface area contributed by atoms with E-state index in [9.17, 15) is 0 Å². The summed E-state index contributed by atoms with van der Waals surface area (Å²) in [5.74, 6) is 0. The van der Waals surface area contributed by atoms with Crippen LogP contribution in [0.2, 0.25) is 0 Å². The van der Waals surface area contributed by atoms with Crippen LogP contribution in [0.1, 0.15) is 4.88 Å². The Morgan fingerprint density at radius 1 is 1.42 bits per heavy atom. The van der Waals surface area contributed by atoms with Gasteiger partial charge in [0.1, 0.15) is 0 Å². The molecule has 1 unspecified atom stereocenters. The average molecular weight is 277 g/mol. The Bertz CT molecular complexity index is 469. The number of thiophene rings is 1. The van der Waals surface area contributed by atoms with E-state index in [1.807, 2.05) is 34.5 Å². The second-order valence-electron chi connectivity index (χ2n) is 4.85. The van der Waals surface area contributed by atoms with Crippen LogP contribution < -0.4 is 0 Å². The molecular formula is C14H19N3OS. The zero-order valence-electron chi connectivity index (χ0n) is 10.9. The highest BCUT2D eigenvalue weighted by atomic mass is 32.1. The number of nitrogens with zero attached hydrogens (tertiary/aromatic N) is 3. The van der Waals surface area contributed by atoms with Crippen molar-refractivity contribution >= 4 is 11.3 Å². The first-order valence-corrected chi connectivity index (χ1v) is 7.62. The van der Waals surface area contributed by atoms with Crippen LogP contribution >= 0.6 is 11.3 Å². The molecule has 0 radical (unpaired) electrons. The van der Waals surface area contributed by atoms with E-state index < -0.39 is 0 Å². The van der Waals surface area contributed by atoms with Gasteiger partial charge >= 0.3 is 0 Å². The predicted molar refractivity (Wildman–Crippen MR) is 76.4 cm³/mol. The molecule has 0 saturated carbocycles. The lowest BCUT2D eigenvalue weighted by Crippen LogP contribution is -2.44. The maximum absolute atomic E-state index is 5.82. The van der Waals surface area contributed by atoms with Gasteiger partial charge in [-0.1, -0.05) is 6.07 Å². The molecule has 1 atom stereocenters. The van der Waals surface area contributed by atoms with Gasteiger partial charge in [-0.05, 0) is 23.9 Å². The van der Waals surface area contributed by atoms with Crippen molar-refractivity contribution in [2.24, 2.45) is 0 Å². The molecule has 0 amide bonds. The van der Waals surface area contributed by atoms with E-state index in [1.165, 1.54) is 4.88 Å². The molecule has 0 aromatic carbocycles. The molecule has 102 valence electrons. The SMILES string of the molecule is c1csc(CCN2CCOC(Cn3cccn3)C2)c1. The molecule has 0 aliphatic carbocycles. The molecule has 1 aliphatic heterocycles. The highest BCUT2D eigenvalue weighted by Crippen LogP contribution is 2.12. The Balaban J connectivity index is 1.47. The molecular weight excluding hydrogens is 258 g/mol. The third kappa shape index (κ3) is 3.65. The molecule has 1 fully saturated rings. The van der Waals surface area contributed by atoms with Crippen LogP contribution in [0.4, 0.5) is 0 Å². The van der Waals surface area contributed by atoms with E-state index in [0.29, 0.717) is 0 Å². The maximum atomic E-state index is 5.82. The smallest absolute Gasteiger partial charge is 0.0898 e. The summed E-state index contributed by atoms with van der Waals surface area (Å²) in [6.07, 6.45) is 5.22. The van der Waals surface area contributed by atoms with Gasteiger partial charge in [-0.25, -0.2) is 0 Å². The van der Waals surface area contributed by atoms with E-state index in [1.54, 1.807) is 0 Å². The van der Waals surface area contributed by atoms with Crippen LogP contribution in [-0.2, 0) is 17.7 Å². The zero-order chi connectivity index (χ0) is 12.9. The Morgan fingerprint density at radius 2 is 2.42 bits per heavy atom. The van der Waals surface area contributed by atoms with Gasteiger partial charge in [0.25, 0.3) is 0 Å². The summed E-state index contributed by atoms with van der Waals surface area (Å²) in [7, 11) is 0. The zero-order valence-corrected chi connectivity index (χ0v) is 11.8. The molecule has 1 saturated heterocycles. The molecule has 0 spiro atoms. The fourth-order valence-electron chi connectivity index (χ4n) is 2.43. The fourth-order valence-corrected chi connectivity index (χ4v) is 3.13. The first-order valence-electron chi connectivity index (χ1n) is 6.74. The van der Waals surface area contributed by atoms with Crippen molar-refractivity contribution in [2.75, 3.05) is 26.2 Å². The number of hydrogen-bond donors (Lipinski definition) is 0. The Hall–Kier alpha value is -1.17. The fraction of sp³-hybridized carbons (Fsp3) is 0.500. The molecule has 19 heavy (non-hydrogen) atoms. The summed E-state index contributed by atoms with van der Waals surface area (Å²) in [4.78, 5) is 3.97. The monoisotopic (exact) mass is 277 g/mol. The van der Waals surface area contributed by atoms with E-state index in [4.69, 9.17) is 4.74 Å². The molecule has 2 aromatic heterocycles. The summed E-state index contributed by atoms with van der Waals surface area (Å²) in [5, 5.41) is 6.39. The van der Waals surface area contributed by atoms with Crippen molar-refractivity contribution in [3.63, 3.8) is 0 Å². The molecule has 4 nitrogen and oxygen atoms in total. The third-order valence-electron chi connectivity index (χ3n) is 3.43. The number of rotatable bonds is 5. The number of morpholine rings is 1. The highest BCUT2D eigenvalue weighted by molar-refractivity contribution is 7.09.